The molecule has 0 saturated carbocycles. The van der Waals surface area contributed by atoms with E-state index in [0.29, 0.717) is 24.2 Å². The van der Waals surface area contributed by atoms with E-state index in [0.717, 1.165) is 0 Å². The fourth-order valence-electron chi connectivity index (χ4n) is 2.93. The lowest BCUT2D eigenvalue weighted by Crippen LogP contribution is -2.40. The van der Waals surface area contributed by atoms with Crippen molar-refractivity contribution in [2.24, 2.45) is 5.41 Å². The second-order valence-corrected chi connectivity index (χ2v) is 6.38. The largest absolute Gasteiger partial charge is 0.481 e. The van der Waals surface area contributed by atoms with Gasteiger partial charge in [0.2, 0.25) is 0 Å². The molecule has 7 nitrogen and oxygen atoms in total. The van der Waals surface area contributed by atoms with Crippen molar-refractivity contribution < 1.29 is 19.1 Å². The van der Waals surface area contributed by atoms with Crippen molar-refractivity contribution in [3.63, 3.8) is 0 Å². The van der Waals surface area contributed by atoms with Crippen LogP contribution in [0.3, 0.4) is 0 Å². The number of amides is 2. The van der Waals surface area contributed by atoms with E-state index in [1.165, 1.54) is 15.6 Å². The molecule has 0 spiro atoms. The SMILES string of the molecule is CC1(C(=O)O)CCN(C(=O)NCc2c(F)cccc2-n2cccn2)C1. The van der Waals surface area contributed by atoms with E-state index < -0.39 is 23.2 Å². The molecule has 1 saturated heterocycles. The molecule has 1 aromatic carbocycles. The van der Waals surface area contributed by atoms with Gasteiger partial charge in [-0.2, -0.15) is 5.10 Å². The lowest BCUT2D eigenvalue weighted by molar-refractivity contribution is -0.147. The summed E-state index contributed by atoms with van der Waals surface area (Å²) in [6, 6.07) is 5.95. The number of hydrogen-bond acceptors (Lipinski definition) is 3. The van der Waals surface area contributed by atoms with Crippen LogP contribution >= 0.6 is 0 Å². The summed E-state index contributed by atoms with van der Waals surface area (Å²) < 4.78 is 15.7. The molecule has 2 heterocycles. The average molecular weight is 346 g/mol. The first-order valence-corrected chi connectivity index (χ1v) is 7.94. The normalized spacial score (nSPS) is 19.8. The maximum atomic E-state index is 14.2. The molecule has 1 fully saturated rings. The van der Waals surface area contributed by atoms with Crippen LogP contribution in [0.5, 0.6) is 0 Å². The first kappa shape index (κ1) is 16.9. The average Bonchev–Trinajstić information content (AvgIpc) is 3.23. The summed E-state index contributed by atoms with van der Waals surface area (Å²) in [5.74, 6) is -1.36. The number of carbonyl (C=O) groups is 2. The van der Waals surface area contributed by atoms with Crippen LogP contribution in [0.2, 0.25) is 0 Å². The van der Waals surface area contributed by atoms with Crippen molar-refractivity contribution in [1.29, 1.82) is 0 Å². The van der Waals surface area contributed by atoms with Crippen molar-refractivity contribution in [3.8, 4) is 5.69 Å². The van der Waals surface area contributed by atoms with Gasteiger partial charge in [0.1, 0.15) is 5.82 Å². The van der Waals surface area contributed by atoms with Gasteiger partial charge in [0.15, 0.2) is 0 Å². The Morgan fingerprint density at radius 1 is 1.40 bits per heavy atom. The molecule has 3 rings (SSSR count). The van der Waals surface area contributed by atoms with Gasteiger partial charge in [-0.15, -0.1) is 0 Å². The second-order valence-electron chi connectivity index (χ2n) is 6.38. The molecule has 2 aromatic rings. The van der Waals surface area contributed by atoms with E-state index in [2.05, 4.69) is 10.4 Å². The molecular weight excluding hydrogens is 327 g/mol. The number of nitrogens with one attached hydrogen (secondary N) is 1. The number of aliphatic carboxylic acids is 1. The summed E-state index contributed by atoms with van der Waals surface area (Å²) in [6.07, 6.45) is 3.68. The van der Waals surface area contributed by atoms with Crippen LogP contribution in [0.1, 0.15) is 18.9 Å². The van der Waals surface area contributed by atoms with E-state index in [9.17, 15) is 19.1 Å². The molecule has 2 amide bonds. The Kier molecular flexibility index (Phi) is 4.43. The number of likely N-dealkylation sites (tertiary alicyclic amines) is 1. The predicted molar refractivity (Wildman–Crippen MR) is 87.7 cm³/mol. The molecule has 8 heteroatoms. The molecular formula is C17H19FN4O3. The number of urea groups is 1. The summed E-state index contributed by atoms with van der Waals surface area (Å²) in [6.45, 7) is 2.10. The molecule has 0 bridgehead atoms. The maximum Gasteiger partial charge on any atom is 0.317 e. The van der Waals surface area contributed by atoms with E-state index in [-0.39, 0.29) is 13.1 Å². The number of hydrogen-bond donors (Lipinski definition) is 2. The number of aromatic nitrogens is 2. The summed E-state index contributed by atoms with van der Waals surface area (Å²) in [5, 5.41) is 16.0. The monoisotopic (exact) mass is 346 g/mol. The van der Waals surface area contributed by atoms with Gasteiger partial charge >= 0.3 is 12.0 Å². The highest BCUT2D eigenvalue weighted by atomic mass is 19.1. The van der Waals surface area contributed by atoms with Crippen LogP contribution in [0.4, 0.5) is 9.18 Å². The number of nitrogens with zero attached hydrogens (tertiary/aromatic N) is 3. The Morgan fingerprint density at radius 2 is 2.20 bits per heavy atom. The van der Waals surface area contributed by atoms with Crippen molar-refractivity contribution in [1.82, 2.24) is 20.0 Å². The number of carboxylic acid groups (broad SMARTS) is 1. The highest BCUT2D eigenvalue weighted by molar-refractivity contribution is 5.79. The molecule has 1 aliphatic heterocycles. The lowest BCUT2D eigenvalue weighted by atomic mass is 9.90. The van der Waals surface area contributed by atoms with Crippen LogP contribution in [-0.4, -0.2) is 44.9 Å². The Bertz CT molecular complexity index is 793. The van der Waals surface area contributed by atoms with E-state index in [1.807, 2.05) is 0 Å². The minimum absolute atomic E-state index is 0.0129. The van der Waals surface area contributed by atoms with E-state index in [1.54, 1.807) is 37.5 Å². The topological polar surface area (TPSA) is 87.5 Å². The summed E-state index contributed by atoms with van der Waals surface area (Å²) >= 11 is 0. The Balaban J connectivity index is 1.71. The number of rotatable bonds is 4. The third-order valence-electron chi connectivity index (χ3n) is 4.54. The predicted octanol–water partition coefficient (Wildman–Crippen LogP) is 2.02. The fraction of sp³-hybridized carbons (Fsp3) is 0.353. The zero-order valence-corrected chi connectivity index (χ0v) is 13.8. The van der Waals surface area contributed by atoms with Gasteiger partial charge in [0, 0.05) is 37.6 Å². The molecule has 2 N–H and O–H groups in total. The highest BCUT2D eigenvalue weighted by Crippen LogP contribution is 2.30. The molecule has 0 radical (unpaired) electrons. The second kappa shape index (κ2) is 6.54. The smallest absolute Gasteiger partial charge is 0.317 e. The molecule has 25 heavy (non-hydrogen) atoms. The van der Waals surface area contributed by atoms with Gasteiger partial charge in [-0.1, -0.05) is 6.07 Å². The van der Waals surface area contributed by atoms with Crippen LogP contribution in [-0.2, 0) is 11.3 Å². The molecule has 1 unspecified atom stereocenters. The van der Waals surface area contributed by atoms with Gasteiger partial charge in [-0.3, -0.25) is 4.79 Å². The summed E-state index contributed by atoms with van der Waals surface area (Å²) in [7, 11) is 0. The van der Waals surface area contributed by atoms with Crippen molar-refractivity contribution in [3.05, 3.63) is 48.0 Å². The Hall–Kier alpha value is -2.90. The number of halogens is 1. The van der Waals surface area contributed by atoms with Crippen LogP contribution < -0.4 is 5.32 Å². The highest BCUT2D eigenvalue weighted by Gasteiger charge is 2.42. The fourth-order valence-corrected chi connectivity index (χ4v) is 2.93. The van der Waals surface area contributed by atoms with Crippen molar-refractivity contribution >= 4 is 12.0 Å². The van der Waals surface area contributed by atoms with Crippen LogP contribution in [0, 0.1) is 11.2 Å². The van der Waals surface area contributed by atoms with Gasteiger partial charge in [-0.25, -0.2) is 13.9 Å². The summed E-state index contributed by atoms with van der Waals surface area (Å²) in [4.78, 5) is 25.0. The third kappa shape index (κ3) is 3.33. The minimum atomic E-state index is -0.935. The van der Waals surface area contributed by atoms with Gasteiger partial charge in [0.25, 0.3) is 0 Å². The molecule has 1 atom stereocenters. The zero-order chi connectivity index (χ0) is 18.0. The summed E-state index contributed by atoms with van der Waals surface area (Å²) in [5.41, 5.74) is -0.0721. The first-order chi connectivity index (χ1) is 11.9. The maximum absolute atomic E-state index is 14.2. The molecule has 1 aliphatic rings. The van der Waals surface area contributed by atoms with Gasteiger partial charge in [0.05, 0.1) is 11.1 Å². The van der Waals surface area contributed by atoms with Crippen molar-refractivity contribution in [2.75, 3.05) is 13.1 Å². The Labute approximate surface area is 144 Å². The quantitative estimate of drug-likeness (QED) is 0.887. The van der Waals surface area contributed by atoms with Crippen LogP contribution in [0.15, 0.2) is 36.7 Å². The Morgan fingerprint density at radius 3 is 2.84 bits per heavy atom. The van der Waals surface area contributed by atoms with Crippen LogP contribution in [0.25, 0.3) is 5.69 Å². The minimum Gasteiger partial charge on any atom is -0.481 e. The van der Waals surface area contributed by atoms with Crippen molar-refractivity contribution in [2.45, 2.75) is 19.9 Å². The standard InChI is InChI=1S/C17H19FN4O3/c1-17(15(23)24)6-9-21(11-17)16(25)19-10-12-13(18)4-2-5-14(12)22-8-3-7-20-22/h2-5,7-8H,6,9-11H2,1H3,(H,19,25)(H,23,24). The van der Waals surface area contributed by atoms with E-state index >= 15 is 0 Å². The molecule has 132 valence electrons. The third-order valence-corrected chi connectivity index (χ3v) is 4.54. The zero-order valence-electron chi connectivity index (χ0n) is 13.8. The molecule has 1 aromatic heterocycles. The number of carbonyl (C=O) groups excluding carboxylic acids is 1. The first-order valence-electron chi connectivity index (χ1n) is 7.94. The molecule has 0 aliphatic carbocycles. The number of benzene rings is 1. The van der Waals surface area contributed by atoms with Gasteiger partial charge in [-0.05, 0) is 31.5 Å². The van der Waals surface area contributed by atoms with E-state index in [4.69, 9.17) is 0 Å². The lowest BCUT2D eigenvalue weighted by Gasteiger charge is -2.21. The van der Waals surface area contributed by atoms with Gasteiger partial charge < -0.3 is 15.3 Å². The number of carboxylic acids is 1.